The van der Waals surface area contributed by atoms with Crippen LogP contribution in [0.5, 0.6) is 0 Å². The van der Waals surface area contributed by atoms with Crippen LogP contribution in [0.3, 0.4) is 0 Å². The molecule has 2 saturated heterocycles. The van der Waals surface area contributed by atoms with Gasteiger partial charge in [0.15, 0.2) is 0 Å². The first-order valence-corrected chi connectivity index (χ1v) is 12.9. The van der Waals surface area contributed by atoms with Crippen LogP contribution in [0.4, 0.5) is 4.79 Å². The topological polar surface area (TPSA) is 116 Å². The Balaban J connectivity index is 1.36. The standard InChI is InChI=1S/C27H36N4O6/c1-5-6-21(22(33)28-17-32)31-14-19-13-18(7-8-20(19)24(31)35)23(34)29-11-9-27(10-12-29)15-30(16-27)25(36)37-26(2,3)4/h7-8,13,17,21H,5-6,9-12,14-16H2,1-4H3,(H,28,32,33). The predicted octanol–water partition coefficient (Wildman–Crippen LogP) is 2.56. The van der Waals surface area contributed by atoms with Crippen LogP contribution < -0.4 is 5.32 Å². The molecule has 0 aromatic heterocycles. The minimum Gasteiger partial charge on any atom is -0.444 e. The summed E-state index contributed by atoms with van der Waals surface area (Å²) in [7, 11) is 0. The van der Waals surface area contributed by atoms with Gasteiger partial charge in [-0.1, -0.05) is 13.3 Å². The van der Waals surface area contributed by atoms with Crippen LogP contribution in [0, 0.1) is 5.41 Å². The number of carbonyl (C=O) groups excluding carboxylic acids is 5. The molecule has 3 aliphatic rings. The zero-order valence-corrected chi connectivity index (χ0v) is 22.0. The van der Waals surface area contributed by atoms with Crippen LogP contribution in [0.1, 0.15) is 79.7 Å². The first-order valence-electron chi connectivity index (χ1n) is 12.9. The van der Waals surface area contributed by atoms with Gasteiger partial charge in [-0.05, 0) is 63.8 Å². The summed E-state index contributed by atoms with van der Waals surface area (Å²) in [6.07, 6.45) is 2.79. The van der Waals surface area contributed by atoms with Gasteiger partial charge in [-0.2, -0.15) is 0 Å². The van der Waals surface area contributed by atoms with Crippen molar-refractivity contribution in [3.8, 4) is 0 Å². The SMILES string of the molecule is CCCC(C(=O)NC=O)N1Cc2cc(C(=O)N3CCC4(CC3)CN(C(=O)OC(C)(C)C)C4)ccc2C1=O. The molecule has 5 amide bonds. The number of hydrogen-bond donors (Lipinski definition) is 1. The van der Waals surface area contributed by atoms with E-state index >= 15 is 0 Å². The number of benzene rings is 1. The first-order chi connectivity index (χ1) is 17.5. The molecule has 1 aromatic carbocycles. The Morgan fingerprint density at radius 1 is 1.14 bits per heavy atom. The Morgan fingerprint density at radius 3 is 2.41 bits per heavy atom. The van der Waals surface area contributed by atoms with Gasteiger partial charge in [0.25, 0.3) is 11.8 Å². The van der Waals surface area contributed by atoms with Gasteiger partial charge in [0.2, 0.25) is 12.3 Å². The molecule has 1 aromatic rings. The van der Waals surface area contributed by atoms with Crippen LogP contribution in [0.15, 0.2) is 18.2 Å². The van der Waals surface area contributed by atoms with E-state index in [1.807, 2.05) is 32.6 Å². The fraction of sp³-hybridized carbons (Fsp3) is 0.593. The number of hydrogen-bond acceptors (Lipinski definition) is 6. The van der Waals surface area contributed by atoms with Gasteiger partial charge in [0, 0.05) is 49.3 Å². The Hall–Kier alpha value is -3.43. The molecule has 10 nitrogen and oxygen atoms in total. The summed E-state index contributed by atoms with van der Waals surface area (Å²) in [5.74, 6) is -0.860. The zero-order valence-electron chi connectivity index (χ0n) is 22.0. The number of imide groups is 1. The highest BCUT2D eigenvalue weighted by Gasteiger charge is 2.48. The molecule has 0 bridgehead atoms. The van der Waals surface area contributed by atoms with Crippen molar-refractivity contribution >= 4 is 30.2 Å². The van der Waals surface area contributed by atoms with Gasteiger partial charge < -0.3 is 19.4 Å². The number of rotatable bonds is 6. The van der Waals surface area contributed by atoms with E-state index in [2.05, 4.69) is 5.32 Å². The van der Waals surface area contributed by atoms with Gasteiger partial charge in [-0.25, -0.2) is 4.79 Å². The lowest BCUT2D eigenvalue weighted by atomic mass is 9.72. The highest BCUT2D eigenvalue weighted by atomic mass is 16.6. The van der Waals surface area contributed by atoms with E-state index < -0.39 is 17.6 Å². The smallest absolute Gasteiger partial charge is 0.410 e. The normalized spacial score (nSPS) is 19.2. The van der Waals surface area contributed by atoms with Gasteiger partial charge in [-0.15, -0.1) is 0 Å². The number of likely N-dealkylation sites (tertiary alicyclic amines) is 2. The van der Waals surface area contributed by atoms with Crippen molar-refractivity contribution in [2.24, 2.45) is 5.41 Å². The minimum absolute atomic E-state index is 0.0366. The fourth-order valence-corrected chi connectivity index (χ4v) is 5.49. The summed E-state index contributed by atoms with van der Waals surface area (Å²) < 4.78 is 5.46. The molecule has 10 heteroatoms. The lowest BCUT2D eigenvalue weighted by molar-refractivity contribution is -0.129. The van der Waals surface area contributed by atoms with Crippen molar-refractivity contribution in [1.29, 1.82) is 0 Å². The van der Waals surface area contributed by atoms with E-state index in [9.17, 15) is 24.0 Å². The van der Waals surface area contributed by atoms with Gasteiger partial charge in [0.05, 0.1) is 0 Å². The number of ether oxygens (including phenoxy) is 1. The molecular formula is C27H36N4O6. The maximum atomic E-state index is 13.3. The average Bonchev–Trinajstić information content (AvgIpc) is 3.15. The lowest BCUT2D eigenvalue weighted by Crippen LogP contribution is -2.62. The third-order valence-corrected chi connectivity index (χ3v) is 7.44. The van der Waals surface area contributed by atoms with E-state index in [-0.39, 0.29) is 29.9 Å². The van der Waals surface area contributed by atoms with Crippen LogP contribution in [-0.2, 0) is 20.9 Å². The molecule has 2 fully saturated rings. The molecule has 1 atom stereocenters. The fourth-order valence-electron chi connectivity index (χ4n) is 5.49. The second-order valence-electron chi connectivity index (χ2n) is 11.4. The molecule has 37 heavy (non-hydrogen) atoms. The van der Waals surface area contributed by atoms with Crippen LogP contribution in [0.25, 0.3) is 0 Å². The predicted molar refractivity (Wildman–Crippen MR) is 135 cm³/mol. The molecule has 1 N–H and O–H groups in total. The van der Waals surface area contributed by atoms with Crippen molar-refractivity contribution in [2.45, 2.75) is 71.6 Å². The number of amides is 5. The maximum Gasteiger partial charge on any atom is 0.410 e. The molecule has 3 aliphatic heterocycles. The van der Waals surface area contributed by atoms with E-state index in [1.165, 1.54) is 4.90 Å². The van der Waals surface area contributed by atoms with Crippen LogP contribution >= 0.6 is 0 Å². The highest BCUT2D eigenvalue weighted by Crippen LogP contribution is 2.41. The van der Waals surface area contributed by atoms with Crippen molar-refractivity contribution in [2.75, 3.05) is 26.2 Å². The Bertz CT molecular complexity index is 1090. The zero-order chi connectivity index (χ0) is 27.0. The van der Waals surface area contributed by atoms with Crippen molar-refractivity contribution in [3.05, 3.63) is 34.9 Å². The summed E-state index contributed by atoms with van der Waals surface area (Å²) in [6.45, 7) is 10.2. The first kappa shape index (κ1) is 26.6. The summed E-state index contributed by atoms with van der Waals surface area (Å²) >= 11 is 0. The number of fused-ring (bicyclic) bond motifs is 1. The van der Waals surface area contributed by atoms with E-state index in [1.54, 1.807) is 23.1 Å². The number of carbonyl (C=O) groups is 5. The summed E-state index contributed by atoms with van der Waals surface area (Å²) in [6, 6.07) is 4.33. The number of piperidine rings is 1. The van der Waals surface area contributed by atoms with Crippen LogP contribution in [0.2, 0.25) is 0 Å². The Labute approximate surface area is 217 Å². The summed E-state index contributed by atoms with van der Waals surface area (Å²) in [5, 5.41) is 2.16. The second kappa shape index (κ2) is 10.1. The highest BCUT2D eigenvalue weighted by molar-refractivity contribution is 6.03. The van der Waals surface area contributed by atoms with E-state index in [0.717, 1.165) is 12.8 Å². The summed E-state index contributed by atoms with van der Waals surface area (Å²) in [5.41, 5.74) is 1.21. The Kier molecular flexibility index (Phi) is 7.30. The Morgan fingerprint density at radius 2 is 1.81 bits per heavy atom. The maximum absolute atomic E-state index is 13.3. The van der Waals surface area contributed by atoms with Crippen LogP contribution in [-0.4, -0.2) is 82.7 Å². The van der Waals surface area contributed by atoms with Gasteiger partial charge >= 0.3 is 6.09 Å². The third kappa shape index (κ3) is 5.47. The molecule has 1 unspecified atom stereocenters. The monoisotopic (exact) mass is 512 g/mol. The molecule has 1 spiro atoms. The average molecular weight is 513 g/mol. The molecule has 0 saturated carbocycles. The molecule has 4 rings (SSSR count). The third-order valence-electron chi connectivity index (χ3n) is 7.44. The second-order valence-corrected chi connectivity index (χ2v) is 11.4. The summed E-state index contributed by atoms with van der Waals surface area (Å²) in [4.78, 5) is 66.7. The molecule has 3 heterocycles. The van der Waals surface area contributed by atoms with Crippen molar-refractivity contribution in [3.63, 3.8) is 0 Å². The van der Waals surface area contributed by atoms with Crippen molar-refractivity contribution in [1.82, 2.24) is 20.0 Å². The molecular weight excluding hydrogens is 476 g/mol. The van der Waals surface area contributed by atoms with Crippen molar-refractivity contribution < 1.29 is 28.7 Å². The molecule has 0 aliphatic carbocycles. The van der Waals surface area contributed by atoms with E-state index in [0.29, 0.717) is 62.1 Å². The van der Waals surface area contributed by atoms with E-state index in [4.69, 9.17) is 4.74 Å². The molecule has 0 radical (unpaired) electrons. The number of nitrogens with zero attached hydrogens (tertiary/aromatic N) is 3. The quantitative estimate of drug-likeness (QED) is 0.586. The minimum atomic E-state index is -0.741. The molecule has 200 valence electrons. The largest absolute Gasteiger partial charge is 0.444 e. The van der Waals surface area contributed by atoms with Gasteiger partial charge in [0.1, 0.15) is 11.6 Å². The number of nitrogens with one attached hydrogen (secondary N) is 1. The lowest BCUT2D eigenvalue weighted by Gasteiger charge is -2.53. The van der Waals surface area contributed by atoms with Gasteiger partial charge in [-0.3, -0.25) is 24.5 Å².